The molecule has 0 unspecified atom stereocenters. The lowest BCUT2D eigenvalue weighted by Crippen LogP contribution is -2.32. The predicted octanol–water partition coefficient (Wildman–Crippen LogP) is 3.40. The number of anilines is 1. The number of para-hydroxylation sites is 1. The number of aryl methyl sites for hydroxylation is 1. The van der Waals surface area contributed by atoms with Crippen molar-refractivity contribution < 1.29 is 17.9 Å². The van der Waals surface area contributed by atoms with E-state index in [0.29, 0.717) is 30.4 Å². The lowest BCUT2D eigenvalue weighted by Gasteiger charge is -2.26. The van der Waals surface area contributed by atoms with Crippen molar-refractivity contribution in [2.45, 2.75) is 18.2 Å². The van der Waals surface area contributed by atoms with Gasteiger partial charge < -0.3 is 9.47 Å². The molecule has 25 heavy (non-hydrogen) atoms. The van der Waals surface area contributed by atoms with Crippen LogP contribution in [-0.2, 0) is 16.4 Å². The molecule has 0 bridgehead atoms. The van der Waals surface area contributed by atoms with Crippen molar-refractivity contribution in [3.05, 3.63) is 60.7 Å². The maximum Gasteiger partial charge on any atom is 0.264 e. The standard InChI is InChI=1S/C19H21NO4S/c1-3-11-20(17-8-6-5-7-15(17)4-2)25(21,22)16-9-10-18-19(14-16)24-13-12-23-18/h3,5-10,14H,1,4,11-13H2,2H3. The van der Waals surface area contributed by atoms with Crippen molar-refractivity contribution in [3.8, 4) is 11.5 Å². The number of hydrogen-bond acceptors (Lipinski definition) is 4. The summed E-state index contributed by atoms with van der Waals surface area (Å²) in [6.07, 6.45) is 2.32. The molecule has 2 aromatic rings. The second kappa shape index (κ2) is 7.19. The molecule has 0 fully saturated rings. The largest absolute Gasteiger partial charge is 0.486 e. The molecule has 132 valence electrons. The minimum Gasteiger partial charge on any atom is -0.486 e. The first-order valence-corrected chi connectivity index (χ1v) is 9.63. The van der Waals surface area contributed by atoms with Crippen molar-refractivity contribution in [1.82, 2.24) is 0 Å². The normalized spacial score (nSPS) is 13.3. The molecule has 6 heteroatoms. The van der Waals surface area contributed by atoms with Crippen molar-refractivity contribution in [3.63, 3.8) is 0 Å². The van der Waals surface area contributed by atoms with Gasteiger partial charge in [0.1, 0.15) is 13.2 Å². The van der Waals surface area contributed by atoms with Gasteiger partial charge in [0.25, 0.3) is 10.0 Å². The average Bonchev–Trinajstić information content (AvgIpc) is 2.65. The molecule has 0 spiro atoms. The second-order valence-corrected chi connectivity index (χ2v) is 7.47. The van der Waals surface area contributed by atoms with Crippen LogP contribution in [0.15, 0.2) is 60.0 Å². The summed E-state index contributed by atoms with van der Waals surface area (Å²) < 4.78 is 38.9. The van der Waals surface area contributed by atoms with Crippen molar-refractivity contribution in [2.75, 3.05) is 24.1 Å². The molecule has 3 rings (SSSR count). The Kier molecular flexibility index (Phi) is 4.99. The maximum absolute atomic E-state index is 13.3. The Hall–Kier alpha value is -2.47. The highest BCUT2D eigenvalue weighted by atomic mass is 32.2. The summed E-state index contributed by atoms with van der Waals surface area (Å²) in [5.74, 6) is 1.02. The molecule has 0 N–H and O–H groups in total. The van der Waals surface area contributed by atoms with Gasteiger partial charge in [0.05, 0.1) is 17.1 Å². The third kappa shape index (κ3) is 3.35. The Morgan fingerprint density at radius 1 is 1.12 bits per heavy atom. The summed E-state index contributed by atoms with van der Waals surface area (Å²) in [6, 6.07) is 12.2. The SMILES string of the molecule is C=CCN(c1ccccc1CC)S(=O)(=O)c1ccc2c(c1)OCCO2. The second-order valence-electron chi connectivity index (χ2n) is 5.61. The van der Waals surface area contributed by atoms with Crippen LogP contribution in [0.1, 0.15) is 12.5 Å². The summed E-state index contributed by atoms with van der Waals surface area (Å²) >= 11 is 0. The Labute approximate surface area is 148 Å². The molecule has 1 heterocycles. The first-order valence-electron chi connectivity index (χ1n) is 8.19. The Morgan fingerprint density at radius 2 is 1.84 bits per heavy atom. The van der Waals surface area contributed by atoms with Gasteiger partial charge in [-0.15, -0.1) is 6.58 Å². The molecule has 0 saturated carbocycles. The molecule has 2 aromatic carbocycles. The molecule has 0 aliphatic carbocycles. The van der Waals surface area contributed by atoms with Gasteiger partial charge in [-0.1, -0.05) is 31.2 Å². The summed E-state index contributed by atoms with van der Waals surface area (Å²) in [4.78, 5) is 0.171. The van der Waals surface area contributed by atoms with Crippen molar-refractivity contribution in [1.29, 1.82) is 0 Å². The summed E-state index contributed by atoms with van der Waals surface area (Å²) in [5, 5.41) is 0. The molecule has 0 radical (unpaired) electrons. The van der Waals surface area contributed by atoms with E-state index in [1.54, 1.807) is 18.2 Å². The van der Waals surface area contributed by atoms with Gasteiger partial charge in [0.15, 0.2) is 11.5 Å². The number of rotatable bonds is 6. The van der Waals surface area contributed by atoms with E-state index in [2.05, 4.69) is 6.58 Å². The molecule has 0 atom stereocenters. The number of nitrogens with zero attached hydrogens (tertiary/aromatic N) is 1. The molecular weight excluding hydrogens is 338 g/mol. The van der Waals surface area contributed by atoms with Crippen molar-refractivity contribution in [2.24, 2.45) is 0 Å². The predicted molar refractivity (Wildman–Crippen MR) is 98.0 cm³/mol. The number of hydrogen-bond donors (Lipinski definition) is 0. The van der Waals surface area contributed by atoms with Gasteiger partial charge in [0, 0.05) is 6.07 Å². The minimum absolute atomic E-state index is 0.171. The zero-order valence-corrected chi connectivity index (χ0v) is 15.0. The highest BCUT2D eigenvalue weighted by Gasteiger charge is 2.27. The van der Waals surface area contributed by atoms with Crippen LogP contribution >= 0.6 is 0 Å². The first kappa shape index (κ1) is 17.4. The van der Waals surface area contributed by atoms with Gasteiger partial charge in [-0.3, -0.25) is 4.31 Å². The highest BCUT2D eigenvalue weighted by Crippen LogP contribution is 2.34. The van der Waals surface area contributed by atoms with Crippen LogP contribution in [0.3, 0.4) is 0 Å². The number of sulfonamides is 1. The Morgan fingerprint density at radius 3 is 2.56 bits per heavy atom. The van der Waals surface area contributed by atoms with E-state index in [1.807, 2.05) is 31.2 Å². The van der Waals surface area contributed by atoms with Gasteiger partial charge in [-0.25, -0.2) is 8.42 Å². The fourth-order valence-electron chi connectivity index (χ4n) is 2.81. The number of fused-ring (bicyclic) bond motifs is 1. The Bertz CT molecular complexity index is 877. The first-order chi connectivity index (χ1) is 12.1. The highest BCUT2D eigenvalue weighted by molar-refractivity contribution is 7.92. The van der Waals surface area contributed by atoms with E-state index in [4.69, 9.17) is 9.47 Å². The molecule has 5 nitrogen and oxygen atoms in total. The molecule has 0 saturated heterocycles. The van der Waals surface area contributed by atoms with E-state index in [0.717, 1.165) is 12.0 Å². The third-order valence-electron chi connectivity index (χ3n) is 4.04. The van der Waals surface area contributed by atoms with Crippen LogP contribution < -0.4 is 13.8 Å². The van der Waals surface area contributed by atoms with Crippen LogP contribution in [0.25, 0.3) is 0 Å². The van der Waals surface area contributed by atoms with Gasteiger partial charge in [0.2, 0.25) is 0 Å². The van der Waals surface area contributed by atoms with E-state index < -0.39 is 10.0 Å². The van der Waals surface area contributed by atoms with E-state index >= 15 is 0 Å². The zero-order chi connectivity index (χ0) is 17.9. The average molecular weight is 359 g/mol. The van der Waals surface area contributed by atoms with Gasteiger partial charge in [-0.2, -0.15) is 0 Å². The molecule has 0 aromatic heterocycles. The monoisotopic (exact) mass is 359 g/mol. The lowest BCUT2D eigenvalue weighted by molar-refractivity contribution is 0.171. The summed E-state index contributed by atoms with van der Waals surface area (Å²) in [6.45, 7) is 6.77. The van der Waals surface area contributed by atoms with Crippen molar-refractivity contribution >= 4 is 15.7 Å². The minimum atomic E-state index is -3.76. The van der Waals surface area contributed by atoms with Crippen LogP contribution in [0, 0.1) is 0 Å². The maximum atomic E-state index is 13.3. The van der Waals surface area contributed by atoms with E-state index in [9.17, 15) is 8.42 Å². The lowest BCUT2D eigenvalue weighted by atomic mass is 10.1. The summed E-state index contributed by atoms with van der Waals surface area (Å²) in [7, 11) is -3.76. The third-order valence-corrected chi connectivity index (χ3v) is 5.81. The molecule has 1 aliphatic heterocycles. The van der Waals surface area contributed by atoms with Crippen LogP contribution in [0.4, 0.5) is 5.69 Å². The topological polar surface area (TPSA) is 55.8 Å². The van der Waals surface area contributed by atoms with E-state index in [1.165, 1.54) is 10.4 Å². The van der Waals surface area contributed by atoms with Crippen LogP contribution in [-0.4, -0.2) is 28.2 Å². The van der Waals surface area contributed by atoms with Gasteiger partial charge >= 0.3 is 0 Å². The Balaban J connectivity index is 2.07. The number of benzene rings is 2. The fraction of sp³-hybridized carbons (Fsp3) is 0.263. The van der Waals surface area contributed by atoms with Gasteiger partial charge in [-0.05, 0) is 30.2 Å². The molecular formula is C19H21NO4S. The molecule has 1 aliphatic rings. The fourth-order valence-corrected chi connectivity index (χ4v) is 4.30. The summed E-state index contributed by atoms with van der Waals surface area (Å²) in [5.41, 5.74) is 1.63. The smallest absolute Gasteiger partial charge is 0.264 e. The molecule has 0 amide bonds. The zero-order valence-electron chi connectivity index (χ0n) is 14.1. The van der Waals surface area contributed by atoms with Crippen LogP contribution in [0.5, 0.6) is 11.5 Å². The quantitative estimate of drug-likeness (QED) is 0.742. The van der Waals surface area contributed by atoms with E-state index in [-0.39, 0.29) is 11.4 Å². The number of ether oxygens (including phenoxy) is 2. The van der Waals surface area contributed by atoms with Crippen LogP contribution in [0.2, 0.25) is 0 Å².